The summed E-state index contributed by atoms with van der Waals surface area (Å²) in [5, 5.41) is 13.6. The van der Waals surface area contributed by atoms with Gasteiger partial charge in [0.25, 0.3) is 0 Å². The standard InChI is InChI=1S/C27H24N4O4/c1-2-3-11-23-28-22-10-6-9-21(26(32)33)24(22)31(23)16-17-12-14-18(15-13-17)19-7-4-5-8-20(19)25-29-27(34)35-30-25/h4-10,12-15H,2-3,11,16H2,1H3,(H,32,33)(H,29,30,34). The molecule has 0 unspecified atom stereocenters. The number of rotatable bonds is 8. The largest absolute Gasteiger partial charge is 0.478 e. The first-order valence-electron chi connectivity index (χ1n) is 11.5. The van der Waals surface area contributed by atoms with Gasteiger partial charge in [0.15, 0.2) is 5.82 Å². The van der Waals surface area contributed by atoms with Crippen LogP contribution in [0.25, 0.3) is 33.5 Å². The number of nitrogens with one attached hydrogen (secondary N) is 1. The molecule has 0 atom stereocenters. The van der Waals surface area contributed by atoms with Gasteiger partial charge in [-0.05, 0) is 35.2 Å². The monoisotopic (exact) mass is 468 g/mol. The Morgan fingerprint density at radius 1 is 1.03 bits per heavy atom. The predicted octanol–water partition coefficient (Wildman–Crippen LogP) is 5.14. The number of aromatic carboxylic acids is 1. The normalized spacial score (nSPS) is 11.2. The van der Waals surface area contributed by atoms with Crippen molar-refractivity contribution >= 4 is 17.0 Å². The number of hydrogen-bond donors (Lipinski definition) is 2. The minimum absolute atomic E-state index is 0.255. The van der Waals surface area contributed by atoms with Crippen molar-refractivity contribution in [3.63, 3.8) is 0 Å². The number of aromatic amines is 1. The summed E-state index contributed by atoms with van der Waals surface area (Å²) in [7, 11) is 0. The molecule has 176 valence electrons. The van der Waals surface area contributed by atoms with Crippen molar-refractivity contribution in [2.45, 2.75) is 32.7 Å². The van der Waals surface area contributed by atoms with Gasteiger partial charge in [0.1, 0.15) is 5.82 Å². The van der Waals surface area contributed by atoms with Gasteiger partial charge in [-0.15, -0.1) is 0 Å². The minimum atomic E-state index is -0.961. The third kappa shape index (κ3) is 4.38. The minimum Gasteiger partial charge on any atom is -0.478 e. The summed E-state index contributed by atoms with van der Waals surface area (Å²) in [5.74, 6) is -0.296. The van der Waals surface area contributed by atoms with E-state index < -0.39 is 11.7 Å². The van der Waals surface area contributed by atoms with E-state index in [9.17, 15) is 14.7 Å². The molecule has 0 amide bonds. The van der Waals surface area contributed by atoms with Crippen molar-refractivity contribution < 1.29 is 14.4 Å². The van der Waals surface area contributed by atoms with Crippen LogP contribution in [0, 0.1) is 0 Å². The van der Waals surface area contributed by atoms with Crippen LogP contribution in [0.4, 0.5) is 0 Å². The predicted molar refractivity (Wildman–Crippen MR) is 132 cm³/mol. The molecule has 0 aliphatic heterocycles. The summed E-state index contributed by atoms with van der Waals surface area (Å²) >= 11 is 0. The van der Waals surface area contributed by atoms with Crippen molar-refractivity contribution in [2.75, 3.05) is 0 Å². The van der Waals surface area contributed by atoms with Crippen LogP contribution in [0.1, 0.15) is 41.5 Å². The first-order valence-corrected chi connectivity index (χ1v) is 11.5. The zero-order valence-corrected chi connectivity index (χ0v) is 19.2. The molecule has 0 aliphatic rings. The van der Waals surface area contributed by atoms with Gasteiger partial charge in [-0.2, -0.15) is 0 Å². The van der Waals surface area contributed by atoms with Crippen LogP contribution < -0.4 is 5.76 Å². The molecule has 5 aromatic rings. The molecular weight excluding hydrogens is 444 g/mol. The number of aromatic nitrogens is 4. The lowest BCUT2D eigenvalue weighted by Crippen LogP contribution is -2.08. The molecule has 5 rings (SSSR count). The smallest absolute Gasteiger partial charge is 0.439 e. The molecule has 2 heterocycles. The molecule has 0 bridgehead atoms. The summed E-state index contributed by atoms with van der Waals surface area (Å²) in [4.78, 5) is 30.7. The molecule has 35 heavy (non-hydrogen) atoms. The van der Waals surface area contributed by atoms with Crippen molar-refractivity contribution in [3.05, 3.63) is 94.2 Å². The quantitative estimate of drug-likeness (QED) is 0.326. The number of carboxylic acids is 1. The van der Waals surface area contributed by atoms with Gasteiger partial charge in [-0.3, -0.25) is 9.51 Å². The lowest BCUT2D eigenvalue weighted by atomic mass is 9.98. The molecule has 0 aliphatic carbocycles. The SMILES string of the molecule is CCCCc1nc2cccc(C(=O)O)c2n1Cc1ccc(-c2ccccc2-c2noc(=O)[nH]2)cc1. The zero-order chi connectivity index (χ0) is 24.4. The highest BCUT2D eigenvalue weighted by molar-refractivity contribution is 6.01. The Balaban J connectivity index is 1.52. The first kappa shape index (κ1) is 22.3. The van der Waals surface area contributed by atoms with Crippen LogP contribution in [0.15, 0.2) is 76.0 Å². The van der Waals surface area contributed by atoms with Crippen molar-refractivity contribution in [1.82, 2.24) is 19.7 Å². The van der Waals surface area contributed by atoms with Gasteiger partial charge in [0.05, 0.1) is 16.6 Å². The fourth-order valence-corrected chi connectivity index (χ4v) is 4.36. The summed E-state index contributed by atoms with van der Waals surface area (Å²) < 4.78 is 6.70. The number of carboxylic acid groups (broad SMARTS) is 1. The summed E-state index contributed by atoms with van der Waals surface area (Å²) in [5.41, 5.74) is 5.26. The number of imidazole rings is 1. The third-order valence-corrected chi connectivity index (χ3v) is 6.06. The Morgan fingerprint density at radius 2 is 1.80 bits per heavy atom. The van der Waals surface area contributed by atoms with Gasteiger partial charge in [-0.1, -0.05) is 73.1 Å². The Labute approximate surface area is 200 Å². The molecule has 0 radical (unpaired) electrons. The number of carbonyl (C=O) groups is 1. The van der Waals surface area contributed by atoms with Crippen LogP contribution >= 0.6 is 0 Å². The van der Waals surface area contributed by atoms with E-state index in [1.165, 1.54) is 0 Å². The molecule has 0 spiro atoms. The van der Waals surface area contributed by atoms with Crippen LogP contribution in [0.3, 0.4) is 0 Å². The third-order valence-electron chi connectivity index (χ3n) is 6.06. The van der Waals surface area contributed by atoms with Crippen molar-refractivity contribution in [2.24, 2.45) is 0 Å². The summed E-state index contributed by atoms with van der Waals surface area (Å²) in [6, 6.07) is 20.9. The van der Waals surface area contributed by atoms with Gasteiger partial charge < -0.3 is 9.67 Å². The van der Waals surface area contributed by atoms with E-state index in [1.807, 2.05) is 59.2 Å². The van der Waals surface area contributed by atoms with Gasteiger partial charge >= 0.3 is 11.7 Å². The lowest BCUT2D eigenvalue weighted by molar-refractivity contribution is 0.0698. The van der Waals surface area contributed by atoms with E-state index in [2.05, 4.69) is 21.6 Å². The molecule has 3 aromatic carbocycles. The zero-order valence-electron chi connectivity index (χ0n) is 19.2. The fourth-order valence-electron chi connectivity index (χ4n) is 4.36. The summed E-state index contributed by atoms with van der Waals surface area (Å²) in [6.45, 7) is 2.64. The number of hydrogen-bond acceptors (Lipinski definition) is 5. The highest BCUT2D eigenvalue weighted by atomic mass is 16.5. The highest BCUT2D eigenvalue weighted by Crippen LogP contribution is 2.30. The second kappa shape index (κ2) is 9.42. The molecule has 2 N–H and O–H groups in total. The number of fused-ring (bicyclic) bond motifs is 1. The topological polar surface area (TPSA) is 114 Å². The van der Waals surface area contributed by atoms with Crippen LogP contribution in [0.2, 0.25) is 0 Å². The van der Waals surface area contributed by atoms with E-state index in [1.54, 1.807) is 12.1 Å². The average Bonchev–Trinajstić information content (AvgIpc) is 3.46. The summed E-state index contributed by atoms with van der Waals surface area (Å²) in [6.07, 6.45) is 2.79. The maximum absolute atomic E-state index is 11.9. The van der Waals surface area contributed by atoms with Gasteiger partial charge in [-0.25, -0.2) is 14.6 Å². The highest BCUT2D eigenvalue weighted by Gasteiger charge is 2.18. The number of nitrogens with zero attached hydrogens (tertiary/aromatic N) is 3. The molecule has 0 fully saturated rings. The van der Waals surface area contributed by atoms with E-state index in [-0.39, 0.29) is 5.56 Å². The van der Waals surface area contributed by atoms with E-state index in [0.717, 1.165) is 47.3 Å². The Bertz CT molecular complexity index is 1560. The maximum atomic E-state index is 11.9. The Hall–Kier alpha value is -4.46. The number of benzene rings is 3. The molecule has 0 saturated heterocycles. The van der Waals surface area contributed by atoms with E-state index >= 15 is 0 Å². The lowest BCUT2D eigenvalue weighted by Gasteiger charge is -2.12. The van der Waals surface area contributed by atoms with Gasteiger partial charge in [0.2, 0.25) is 0 Å². The molecule has 2 aromatic heterocycles. The second-order valence-electron chi connectivity index (χ2n) is 8.38. The fraction of sp³-hybridized carbons (Fsp3) is 0.185. The molecular formula is C27H24N4O4. The van der Waals surface area contributed by atoms with Crippen molar-refractivity contribution in [3.8, 4) is 22.5 Å². The number of H-pyrrole nitrogens is 1. The van der Waals surface area contributed by atoms with Crippen LogP contribution in [-0.4, -0.2) is 30.8 Å². The van der Waals surface area contributed by atoms with Crippen molar-refractivity contribution in [1.29, 1.82) is 0 Å². The Morgan fingerprint density at radius 3 is 2.49 bits per heavy atom. The Kier molecular flexibility index (Phi) is 6.01. The number of para-hydroxylation sites is 1. The van der Waals surface area contributed by atoms with Crippen LogP contribution in [-0.2, 0) is 13.0 Å². The molecule has 8 heteroatoms. The number of unbranched alkanes of at least 4 members (excludes halogenated alkanes) is 1. The molecule has 0 saturated carbocycles. The molecule has 8 nitrogen and oxygen atoms in total. The van der Waals surface area contributed by atoms with E-state index in [4.69, 9.17) is 4.98 Å². The second-order valence-corrected chi connectivity index (χ2v) is 8.38. The number of aryl methyl sites for hydroxylation is 1. The van der Waals surface area contributed by atoms with Crippen LogP contribution in [0.5, 0.6) is 0 Å². The van der Waals surface area contributed by atoms with Gasteiger partial charge in [0, 0.05) is 18.5 Å². The van der Waals surface area contributed by atoms with E-state index in [0.29, 0.717) is 23.4 Å². The average molecular weight is 469 g/mol. The first-order chi connectivity index (χ1) is 17.0. The maximum Gasteiger partial charge on any atom is 0.439 e.